The second-order valence-electron chi connectivity index (χ2n) is 7.66. The monoisotopic (exact) mass is 449 g/mol. The summed E-state index contributed by atoms with van der Waals surface area (Å²) in [6, 6.07) is 18.7. The molecule has 2 aromatic carbocycles. The van der Waals surface area contributed by atoms with Crippen molar-refractivity contribution in [2.24, 2.45) is 0 Å². The van der Waals surface area contributed by atoms with Gasteiger partial charge in [0.25, 0.3) is 5.91 Å². The smallest absolute Gasteiger partial charge is 0.291 e. The van der Waals surface area contributed by atoms with E-state index in [4.69, 9.17) is 20.8 Å². The minimum Gasteiger partial charge on any atom is -0.486 e. The summed E-state index contributed by atoms with van der Waals surface area (Å²) in [5.74, 6) is 1.10. The summed E-state index contributed by atoms with van der Waals surface area (Å²) in [7, 11) is 0. The van der Waals surface area contributed by atoms with E-state index >= 15 is 0 Å². The number of carbonyl (C=O) groups excluding carboxylic acids is 1. The number of hydrogen-bond acceptors (Lipinski definition) is 4. The topological polar surface area (TPSA) is 69.3 Å². The zero-order valence-corrected chi connectivity index (χ0v) is 18.9. The number of nitrogens with one attached hydrogen (secondary N) is 1. The van der Waals surface area contributed by atoms with Gasteiger partial charge in [-0.25, -0.2) is 0 Å². The van der Waals surface area contributed by atoms with E-state index in [1.807, 2.05) is 24.6 Å². The maximum Gasteiger partial charge on any atom is 0.291 e. The van der Waals surface area contributed by atoms with Crippen molar-refractivity contribution in [3.63, 3.8) is 0 Å². The third kappa shape index (κ3) is 5.03. The van der Waals surface area contributed by atoms with Crippen LogP contribution in [0.4, 0.5) is 5.69 Å². The molecule has 164 valence electrons. The van der Waals surface area contributed by atoms with Gasteiger partial charge in [0.05, 0.1) is 23.6 Å². The molecular weight excluding hydrogens is 426 g/mol. The van der Waals surface area contributed by atoms with Gasteiger partial charge in [-0.2, -0.15) is 5.10 Å². The molecule has 0 saturated carbocycles. The number of furan rings is 1. The average molecular weight is 450 g/mol. The number of aryl methyl sites for hydroxylation is 2. The number of benzene rings is 2. The van der Waals surface area contributed by atoms with Crippen molar-refractivity contribution in [3.05, 3.63) is 99.7 Å². The fraction of sp³-hybridized carbons (Fsp3) is 0.200. The average Bonchev–Trinajstić information content (AvgIpc) is 3.34. The molecule has 0 saturated heterocycles. The summed E-state index contributed by atoms with van der Waals surface area (Å²) >= 11 is 5.88. The van der Waals surface area contributed by atoms with Gasteiger partial charge in [0, 0.05) is 5.02 Å². The molecule has 0 aliphatic rings. The number of nitrogens with zero attached hydrogens (tertiary/aromatic N) is 2. The molecule has 0 aliphatic heterocycles. The number of carbonyl (C=O) groups is 1. The third-order valence-corrected chi connectivity index (χ3v) is 5.37. The minimum atomic E-state index is -0.330. The number of amides is 1. The van der Waals surface area contributed by atoms with Gasteiger partial charge in [-0.05, 0) is 62.7 Å². The molecule has 0 atom stereocenters. The number of rotatable bonds is 7. The molecule has 0 aliphatic carbocycles. The molecule has 7 heteroatoms. The molecule has 0 radical (unpaired) electrons. The number of aromatic nitrogens is 2. The molecule has 2 aromatic heterocycles. The number of hydrogen-bond donors (Lipinski definition) is 1. The summed E-state index contributed by atoms with van der Waals surface area (Å²) in [4.78, 5) is 12.8. The van der Waals surface area contributed by atoms with E-state index in [1.54, 1.807) is 36.4 Å². The molecule has 2 heterocycles. The maximum absolute atomic E-state index is 12.8. The highest BCUT2D eigenvalue weighted by atomic mass is 35.5. The lowest BCUT2D eigenvalue weighted by molar-refractivity contribution is 0.0992. The highest BCUT2D eigenvalue weighted by Crippen LogP contribution is 2.23. The molecule has 1 amide bonds. The molecule has 0 unspecified atom stereocenters. The van der Waals surface area contributed by atoms with Crippen molar-refractivity contribution in [3.8, 4) is 5.75 Å². The number of anilines is 1. The first kappa shape index (κ1) is 21.7. The zero-order valence-electron chi connectivity index (χ0n) is 18.2. The lowest BCUT2D eigenvalue weighted by Crippen LogP contribution is -2.12. The molecule has 4 aromatic rings. The van der Waals surface area contributed by atoms with Gasteiger partial charge >= 0.3 is 0 Å². The van der Waals surface area contributed by atoms with E-state index in [1.165, 1.54) is 5.56 Å². The van der Waals surface area contributed by atoms with Gasteiger partial charge in [-0.3, -0.25) is 9.48 Å². The zero-order chi connectivity index (χ0) is 22.7. The third-order valence-electron chi connectivity index (χ3n) is 5.12. The normalized spacial score (nSPS) is 10.9. The van der Waals surface area contributed by atoms with Crippen LogP contribution in [-0.2, 0) is 13.2 Å². The van der Waals surface area contributed by atoms with Crippen molar-refractivity contribution in [2.45, 2.75) is 33.9 Å². The molecule has 0 fully saturated rings. The van der Waals surface area contributed by atoms with Crippen LogP contribution < -0.4 is 10.1 Å². The Labute approximate surface area is 191 Å². The Morgan fingerprint density at radius 3 is 2.62 bits per heavy atom. The largest absolute Gasteiger partial charge is 0.486 e. The lowest BCUT2D eigenvalue weighted by atomic mass is 10.1. The Morgan fingerprint density at radius 2 is 1.88 bits per heavy atom. The second-order valence-corrected chi connectivity index (χ2v) is 8.09. The van der Waals surface area contributed by atoms with Gasteiger partial charge in [0.1, 0.15) is 18.1 Å². The van der Waals surface area contributed by atoms with Crippen LogP contribution in [0.25, 0.3) is 0 Å². The Balaban J connectivity index is 1.41. The van der Waals surface area contributed by atoms with Crippen LogP contribution in [0.3, 0.4) is 0 Å². The van der Waals surface area contributed by atoms with Crippen LogP contribution in [0, 0.1) is 20.8 Å². The van der Waals surface area contributed by atoms with Crippen molar-refractivity contribution in [1.82, 2.24) is 9.78 Å². The Bertz CT molecular complexity index is 1240. The molecule has 32 heavy (non-hydrogen) atoms. The SMILES string of the molecule is Cc1cccc(Cn2nc(C)c(NC(=O)c3ccc(COc4ccc(Cl)cc4)o3)c2C)c1. The van der Waals surface area contributed by atoms with Crippen LogP contribution in [0.5, 0.6) is 5.75 Å². The van der Waals surface area contributed by atoms with Crippen LogP contribution in [0.1, 0.15) is 38.8 Å². The van der Waals surface area contributed by atoms with Crippen LogP contribution in [0.15, 0.2) is 65.1 Å². The van der Waals surface area contributed by atoms with E-state index in [0.29, 0.717) is 28.8 Å². The first-order valence-corrected chi connectivity index (χ1v) is 10.6. The van der Waals surface area contributed by atoms with Gasteiger partial charge in [-0.15, -0.1) is 0 Å². The van der Waals surface area contributed by atoms with E-state index in [0.717, 1.165) is 17.0 Å². The van der Waals surface area contributed by atoms with Gasteiger partial charge in [0.15, 0.2) is 5.76 Å². The molecule has 6 nitrogen and oxygen atoms in total. The second kappa shape index (κ2) is 9.32. The fourth-order valence-electron chi connectivity index (χ4n) is 3.45. The van der Waals surface area contributed by atoms with Crippen LogP contribution >= 0.6 is 11.6 Å². The first-order valence-electron chi connectivity index (χ1n) is 10.3. The minimum absolute atomic E-state index is 0.210. The van der Waals surface area contributed by atoms with Crippen LogP contribution in [0.2, 0.25) is 5.02 Å². The molecular formula is C25H24ClN3O3. The van der Waals surface area contributed by atoms with Crippen molar-refractivity contribution >= 4 is 23.2 Å². The Morgan fingerprint density at radius 1 is 1.09 bits per heavy atom. The summed E-state index contributed by atoms with van der Waals surface area (Å²) in [5.41, 5.74) is 4.69. The predicted molar refractivity (Wildman–Crippen MR) is 124 cm³/mol. The van der Waals surface area contributed by atoms with Crippen molar-refractivity contribution < 1.29 is 13.9 Å². The Kier molecular flexibility index (Phi) is 6.32. The van der Waals surface area contributed by atoms with Crippen molar-refractivity contribution in [2.75, 3.05) is 5.32 Å². The first-order chi connectivity index (χ1) is 15.4. The Hall–Kier alpha value is -3.51. The molecule has 4 rings (SSSR count). The maximum atomic E-state index is 12.8. The number of halogens is 1. The van der Waals surface area contributed by atoms with Gasteiger partial charge in [-0.1, -0.05) is 41.4 Å². The summed E-state index contributed by atoms with van der Waals surface area (Å²) < 4.78 is 13.2. The summed E-state index contributed by atoms with van der Waals surface area (Å²) in [6.07, 6.45) is 0. The predicted octanol–water partition coefficient (Wildman–Crippen LogP) is 5.93. The highest BCUT2D eigenvalue weighted by molar-refractivity contribution is 6.30. The van der Waals surface area contributed by atoms with Crippen molar-refractivity contribution in [1.29, 1.82) is 0 Å². The van der Waals surface area contributed by atoms with E-state index in [9.17, 15) is 4.79 Å². The van der Waals surface area contributed by atoms with Gasteiger partial charge < -0.3 is 14.5 Å². The summed E-state index contributed by atoms with van der Waals surface area (Å²) in [6.45, 7) is 6.73. The molecule has 0 spiro atoms. The quantitative estimate of drug-likeness (QED) is 0.379. The highest BCUT2D eigenvalue weighted by Gasteiger charge is 2.18. The van der Waals surface area contributed by atoms with E-state index in [2.05, 4.69) is 35.5 Å². The lowest BCUT2D eigenvalue weighted by Gasteiger charge is -2.07. The standard InChI is InChI=1S/C25H24ClN3O3/c1-16-5-4-6-19(13-16)14-29-18(3)24(17(2)28-29)27-25(30)23-12-11-22(32-23)15-31-21-9-7-20(26)8-10-21/h4-13H,14-15H2,1-3H3,(H,27,30). The summed E-state index contributed by atoms with van der Waals surface area (Å²) in [5, 5.41) is 8.17. The fourth-order valence-corrected chi connectivity index (χ4v) is 3.58. The molecule has 1 N–H and O–H groups in total. The van der Waals surface area contributed by atoms with Crippen LogP contribution in [-0.4, -0.2) is 15.7 Å². The number of ether oxygens (including phenoxy) is 1. The van der Waals surface area contributed by atoms with E-state index in [-0.39, 0.29) is 18.3 Å². The van der Waals surface area contributed by atoms with Gasteiger partial charge in [0.2, 0.25) is 0 Å². The van der Waals surface area contributed by atoms with E-state index < -0.39 is 0 Å². The molecule has 0 bridgehead atoms.